The van der Waals surface area contributed by atoms with Gasteiger partial charge in [-0.2, -0.15) is 0 Å². The van der Waals surface area contributed by atoms with Crippen molar-refractivity contribution in [2.75, 3.05) is 18.7 Å². The van der Waals surface area contributed by atoms with Gasteiger partial charge in [-0.05, 0) is 19.1 Å². The van der Waals surface area contributed by atoms with Gasteiger partial charge >= 0.3 is 5.97 Å². The first kappa shape index (κ1) is 10.6. The summed E-state index contributed by atoms with van der Waals surface area (Å²) in [6, 6.07) is 4.79. The van der Waals surface area contributed by atoms with Crippen LogP contribution in [0.3, 0.4) is 0 Å². The number of ether oxygens (including phenoxy) is 2. The molecule has 0 aromatic heterocycles. The predicted molar refractivity (Wildman–Crippen MR) is 58.1 cm³/mol. The van der Waals surface area contributed by atoms with E-state index < -0.39 is 12.0 Å². The lowest BCUT2D eigenvalue weighted by Crippen LogP contribution is -2.35. The van der Waals surface area contributed by atoms with Gasteiger partial charge in [0, 0.05) is 18.8 Å². The zero-order chi connectivity index (χ0) is 11.7. The normalized spacial score (nSPS) is 14.6. The van der Waals surface area contributed by atoms with Crippen LogP contribution in [0, 0.1) is 0 Å². The Kier molecular flexibility index (Phi) is 2.60. The average Bonchev–Trinajstić information content (AvgIpc) is 2.73. The molecule has 0 amide bonds. The Morgan fingerprint density at radius 3 is 2.81 bits per heavy atom. The van der Waals surface area contributed by atoms with Gasteiger partial charge in [0.2, 0.25) is 6.79 Å². The zero-order valence-corrected chi connectivity index (χ0v) is 9.14. The van der Waals surface area contributed by atoms with Gasteiger partial charge < -0.3 is 19.5 Å². The van der Waals surface area contributed by atoms with E-state index in [0.29, 0.717) is 11.5 Å². The SMILES string of the molecule is CC(C(=O)O)N(C)c1ccc2c(c1)OCO2. The predicted octanol–water partition coefficient (Wildman–Crippen LogP) is 1.32. The van der Waals surface area contributed by atoms with E-state index in [1.165, 1.54) is 0 Å². The molecule has 0 bridgehead atoms. The summed E-state index contributed by atoms with van der Waals surface area (Å²) in [5, 5.41) is 8.91. The molecule has 1 aliphatic heterocycles. The van der Waals surface area contributed by atoms with Crippen molar-refractivity contribution in [3.05, 3.63) is 18.2 Å². The summed E-state index contributed by atoms with van der Waals surface area (Å²) < 4.78 is 10.4. The number of nitrogens with zero attached hydrogens (tertiary/aromatic N) is 1. The summed E-state index contributed by atoms with van der Waals surface area (Å²) in [6.07, 6.45) is 0. The van der Waals surface area contributed by atoms with Crippen LogP contribution in [0.4, 0.5) is 5.69 Å². The van der Waals surface area contributed by atoms with E-state index in [0.717, 1.165) is 5.69 Å². The fourth-order valence-corrected chi connectivity index (χ4v) is 1.49. The molecule has 5 heteroatoms. The van der Waals surface area contributed by atoms with Crippen LogP contribution in [0.15, 0.2) is 18.2 Å². The van der Waals surface area contributed by atoms with Gasteiger partial charge in [-0.15, -0.1) is 0 Å². The highest BCUT2D eigenvalue weighted by atomic mass is 16.7. The van der Waals surface area contributed by atoms with Crippen molar-refractivity contribution >= 4 is 11.7 Å². The molecule has 0 saturated heterocycles. The highest BCUT2D eigenvalue weighted by molar-refractivity contribution is 5.77. The smallest absolute Gasteiger partial charge is 0.326 e. The first-order chi connectivity index (χ1) is 7.59. The minimum Gasteiger partial charge on any atom is -0.480 e. The number of aliphatic carboxylic acids is 1. The largest absolute Gasteiger partial charge is 0.480 e. The molecule has 1 aliphatic rings. The molecule has 0 spiro atoms. The molecule has 2 rings (SSSR count). The first-order valence-corrected chi connectivity index (χ1v) is 4.95. The van der Waals surface area contributed by atoms with Gasteiger partial charge in [-0.25, -0.2) is 4.79 Å². The Bertz CT molecular complexity index is 418. The molecule has 16 heavy (non-hydrogen) atoms. The third-order valence-electron chi connectivity index (χ3n) is 2.70. The molecule has 86 valence electrons. The highest BCUT2D eigenvalue weighted by Gasteiger charge is 2.20. The second-order valence-corrected chi connectivity index (χ2v) is 3.66. The number of hydrogen-bond donors (Lipinski definition) is 1. The standard InChI is InChI=1S/C11H13NO4/c1-7(11(13)14)12(2)8-3-4-9-10(5-8)16-6-15-9/h3-5,7H,6H2,1-2H3,(H,13,14). The number of carboxylic acids is 1. The molecule has 0 saturated carbocycles. The van der Waals surface area contributed by atoms with Crippen LogP contribution in [0.25, 0.3) is 0 Å². The number of fused-ring (bicyclic) bond motifs is 1. The number of anilines is 1. The minimum atomic E-state index is -0.861. The van der Waals surface area contributed by atoms with Gasteiger partial charge in [0.1, 0.15) is 6.04 Å². The maximum Gasteiger partial charge on any atom is 0.326 e. The van der Waals surface area contributed by atoms with Crippen LogP contribution < -0.4 is 14.4 Å². The molecule has 1 unspecified atom stereocenters. The molecular formula is C11H13NO4. The molecule has 1 aromatic rings. The van der Waals surface area contributed by atoms with Crippen LogP contribution in [0.5, 0.6) is 11.5 Å². The fraction of sp³-hybridized carbons (Fsp3) is 0.364. The van der Waals surface area contributed by atoms with E-state index in [9.17, 15) is 4.79 Å². The summed E-state index contributed by atoms with van der Waals surface area (Å²) in [4.78, 5) is 12.5. The molecule has 1 atom stereocenters. The van der Waals surface area contributed by atoms with Crippen molar-refractivity contribution in [3.8, 4) is 11.5 Å². The topological polar surface area (TPSA) is 59.0 Å². The van der Waals surface area contributed by atoms with E-state index in [2.05, 4.69) is 0 Å². The van der Waals surface area contributed by atoms with Crippen LogP contribution in [-0.4, -0.2) is 31.0 Å². The van der Waals surface area contributed by atoms with E-state index in [4.69, 9.17) is 14.6 Å². The third kappa shape index (κ3) is 1.76. The van der Waals surface area contributed by atoms with E-state index >= 15 is 0 Å². The van der Waals surface area contributed by atoms with Crippen molar-refractivity contribution in [3.63, 3.8) is 0 Å². The second-order valence-electron chi connectivity index (χ2n) is 3.66. The lowest BCUT2D eigenvalue weighted by molar-refractivity contribution is -0.138. The van der Waals surface area contributed by atoms with Crippen molar-refractivity contribution < 1.29 is 19.4 Å². The molecule has 0 aliphatic carbocycles. The maximum absolute atomic E-state index is 10.9. The van der Waals surface area contributed by atoms with Gasteiger partial charge in [0.25, 0.3) is 0 Å². The lowest BCUT2D eigenvalue weighted by atomic mass is 10.2. The monoisotopic (exact) mass is 223 g/mol. The molecule has 0 fully saturated rings. The van der Waals surface area contributed by atoms with E-state index in [-0.39, 0.29) is 6.79 Å². The number of carbonyl (C=O) groups is 1. The molecule has 1 aromatic carbocycles. The number of carboxylic acid groups (broad SMARTS) is 1. The zero-order valence-electron chi connectivity index (χ0n) is 9.14. The molecule has 5 nitrogen and oxygen atoms in total. The molecule has 1 heterocycles. The van der Waals surface area contributed by atoms with Gasteiger partial charge in [0.05, 0.1) is 0 Å². The quantitative estimate of drug-likeness (QED) is 0.837. The summed E-state index contributed by atoms with van der Waals surface area (Å²) in [7, 11) is 1.73. The van der Waals surface area contributed by atoms with Crippen LogP contribution in [0.1, 0.15) is 6.92 Å². The third-order valence-corrected chi connectivity index (χ3v) is 2.70. The lowest BCUT2D eigenvalue weighted by Gasteiger charge is -2.23. The number of likely N-dealkylation sites (N-methyl/N-ethyl adjacent to an activating group) is 1. The highest BCUT2D eigenvalue weighted by Crippen LogP contribution is 2.35. The Hall–Kier alpha value is -1.91. The first-order valence-electron chi connectivity index (χ1n) is 4.95. The number of rotatable bonds is 3. The Balaban J connectivity index is 2.24. The molecular weight excluding hydrogens is 210 g/mol. The number of hydrogen-bond acceptors (Lipinski definition) is 4. The minimum absolute atomic E-state index is 0.219. The van der Waals surface area contributed by atoms with E-state index in [1.807, 2.05) is 6.07 Å². The average molecular weight is 223 g/mol. The number of benzene rings is 1. The summed E-state index contributed by atoms with van der Waals surface area (Å²) >= 11 is 0. The van der Waals surface area contributed by atoms with Crippen molar-refractivity contribution in [1.29, 1.82) is 0 Å². The van der Waals surface area contributed by atoms with Gasteiger partial charge in [-0.3, -0.25) is 0 Å². The summed E-state index contributed by atoms with van der Waals surface area (Å²) in [5.41, 5.74) is 0.791. The van der Waals surface area contributed by atoms with Crippen LogP contribution >= 0.6 is 0 Å². The Morgan fingerprint density at radius 1 is 1.44 bits per heavy atom. The van der Waals surface area contributed by atoms with Crippen molar-refractivity contribution in [2.24, 2.45) is 0 Å². The summed E-state index contributed by atoms with van der Waals surface area (Å²) in [5.74, 6) is 0.488. The van der Waals surface area contributed by atoms with Crippen molar-refractivity contribution in [2.45, 2.75) is 13.0 Å². The van der Waals surface area contributed by atoms with Gasteiger partial charge in [0.15, 0.2) is 11.5 Å². The Morgan fingerprint density at radius 2 is 2.12 bits per heavy atom. The van der Waals surface area contributed by atoms with Crippen LogP contribution in [-0.2, 0) is 4.79 Å². The summed E-state index contributed by atoms with van der Waals surface area (Å²) in [6.45, 7) is 1.85. The van der Waals surface area contributed by atoms with Crippen LogP contribution in [0.2, 0.25) is 0 Å². The Labute approximate surface area is 93.2 Å². The fourth-order valence-electron chi connectivity index (χ4n) is 1.49. The molecule has 0 radical (unpaired) electrons. The van der Waals surface area contributed by atoms with Crippen molar-refractivity contribution in [1.82, 2.24) is 0 Å². The molecule has 1 N–H and O–H groups in total. The second kappa shape index (κ2) is 3.92. The van der Waals surface area contributed by atoms with Gasteiger partial charge in [-0.1, -0.05) is 0 Å². The maximum atomic E-state index is 10.9. The van der Waals surface area contributed by atoms with E-state index in [1.54, 1.807) is 31.0 Å².